The number of halogens is 1. The quantitative estimate of drug-likeness (QED) is 0.745. The molecule has 0 amide bonds. The monoisotopic (exact) mass is 372 g/mol. The number of hydrogen-bond donors (Lipinski definition) is 2. The molecule has 4 bridgehead atoms. The third-order valence-electron chi connectivity index (χ3n) is 5.39. The van der Waals surface area contributed by atoms with E-state index in [1.54, 1.807) is 0 Å². The molecule has 5 rings (SSSR count). The molecule has 1 aromatic heterocycles. The standard InChI is InChI=1S/C14H17IN2O2/c15-10-11(18)16-13(17-12(10)19)14-4-7-1-8(5-14)3-9(2-7)6-14/h7-9H,1-6H2,(H2,16,17,18,19). The minimum Gasteiger partial charge on any atom is -0.492 e. The molecule has 0 atom stereocenters. The van der Waals surface area contributed by atoms with Crippen molar-refractivity contribution >= 4 is 22.6 Å². The first-order valence-corrected chi connectivity index (χ1v) is 8.13. The maximum Gasteiger partial charge on any atom is 0.268 e. The van der Waals surface area contributed by atoms with Gasteiger partial charge in [0, 0.05) is 5.41 Å². The third kappa shape index (κ3) is 1.76. The highest BCUT2D eigenvalue weighted by Crippen LogP contribution is 2.60. The van der Waals surface area contributed by atoms with Gasteiger partial charge in [-0.3, -0.25) is 4.79 Å². The Morgan fingerprint density at radius 2 is 1.68 bits per heavy atom. The lowest BCUT2D eigenvalue weighted by molar-refractivity contribution is -0.00978. The predicted octanol–water partition coefficient (Wildman–Crippen LogP) is 2.55. The van der Waals surface area contributed by atoms with Crippen LogP contribution < -0.4 is 5.56 Å². The Morgan fingerprint density at radius 3 is 2.16 bits per heavy atom. The molecule has 0 spiro atoms. The molecule has 19 heavy (non-hydrogen) atoms. The second kappa shape index (κ2) is 3.96. The minimum absolute atomic E-state index is 0.0374. The van der Waals surface area contributed by atoms with Crippen LogP contribution in [0.4, 0.5) is 0 Å². The zero-order chi connectivity index (χ0) is 13.2. The molecular formula is C14H17IN2O2. The number of aromatic amines is 1. The fourth-order valence-electron chi connectivity index (χ4n) is 5.10. The van der Waals surface area contributed by atoms with Gasteiger partial charge < -0.3 is 10.1 Å². The van der Waals surface area contributed by atoms with Gasteiger partial charge in [-0.15, -0.1) is 0 Å². The largest absolute Gasteiger partial charge is 0.492 e. The van der Waals surface area contributed by atoms with Gasteiger partial charge in [0.25, 0.3) is 5.56 Å². The van der Waals surface area contributed by atoms with E-state index in [2.05, 4.69) is 9.97 Å². The number of hydrogen-bond acceptors (Lipinski definition) is 3. The van der Waals surface area contributed by atoms with E-state index in [9.17, 15) is 9.90 Å². The van der Waals surface area contributed by atoms with Gasteiger partial charge in [0.1, 0.15) is 9.39 Å². The van der Waals surface area contributed by atoms with Gasteiger partial charge in [0.2, 0.25) is 5.88 Å². The first-order valence-electron chi connectivity index (χ1n) is 7.05. The topological polar surface area (TPSA) is 66.0 Å². The molecule has 2 N–H and O–H groups in total. The molecular weight excluding hydrogens is 355 g/mol. The lowest BCUT2D eigenvalue weighted by Crippen LogP contribution is -2.49. The lowest BCUT2D eigenvalue weighted by Gasteiger charge is -2.56. The molecule has 4 fully saturated rings. The van der Waals surface area contributed by atoms with Crippen LogP contribution in [0, 0.1) is 21.3 Å². The smallest absolute Gasteiger partial charge is 0.268 e. The second-order valence-electron chi connectivity index (χ2n) is 6.75. The third-order valence-corrected chi connectivity index (χ3v) is 6.36. The average Bonchev–Trinajstić information content (AvgIpc) is 2.33. The van der Waals surface area contributed by atoms with Crippen molar-refractivity contribution in [3.63, 3.8) is 0 Å². The van der Waals surface area contributed by atoms with Crippen LogP contribution in [-0.2, 0) is 5.41 Å². The van der Waals surface area contributed by atoms with Crippen LogP contribution in [-0.4, -0.2) is 15.1 Å². The van der Waals surface area contributed by atoms with Crippen LogP contribution in [0.15, 0.2) is 4.79 Å². The van der Waals surface area contributed by atoms with E-state index < -0.39 is 0 Å². The fraction of sp³-hybridized carbons (Fsp3) is 0.714. The van der Waals surface area contributed by atoms with Crippen molar-refractivity contribution < 1.29 is 5.11 Å². The van der Waals surface area contributed by atoms with E-state index >= 15 is 0 Å². The molecule has 5 heteroatoms. The summed E-state index contributed by atoms with van der Waals surface area (Å²) >= 11 is 1.85. The highest BCUT2D eigenvalue weighted by Gasteiger charge is 2.53. The molecule has 0 saturated heterocycles. The summed E-state index contributed by atoms with van der Waals surface area (Å²) in [5, 5.41) is 9.84. The fourth-order valence-corrected chi connectivity index (χ4v) is 5.35. The maximum absolute atomic E-state index is 11.9. The Labute approximate surface area is 125 Å². The summed E-state index contributed by atoms with van der Waals surface area (Å²) in [4.78, 5) is 19.1. The molecule has 4 aliphatic rings. The summed E-state index contributed by atoms with van der Waals surface area (Å²) in [6.07, 6.45) is 7.51. The van der Waals surface area contributed by atoms with E-state index in [0.717, 1.165) is 42.8 Å². The molecule has 0 radical (unpaired) electrons. The van der Waals surface area contributed by atoms with Gasteiger partial charge in [-0.25, -0.2) is 0 Å². The van der Waals surface area contributed by atoms with Gasteiger partial charge in [0.05, 0.1) is 0 Å². The lowest BCUT2D eigenvalue weighted by atomic mass is 9.49. The van der Waals surface area contributed by atoms with Gasteiger partial charge >= 0.3 is 0 Å². The van der Waals surface area contributed by atoms with Gasteiger partial charge in [-0.1, -0.05) is 0 Å². The summed E-state index contributed by atoms with van der Waals surface area (Å²) in [5.74, 6) is 3.05. The first kappa shape index (κ1) is 12.2. The average molecular weight is 372 g/mol. The normalized spacial score (nSPS) is 39.7. The summed E-state index contributed by atoms with van der Waals surface area (Å²) < 4.78 is 0.297. The van der Waals surface area contributed by atoms with E-state index in [4.69, 9.17) is 0 Å². The minimum atomic E-state index is -0.196. The molecule has 4 aliphatic carbocycles. The molecule has 1 heterocycles. The van der Waals surface area contributed by atoms with Crippen molar-refractivity contribution in [2.75, 3.05) is 0 Å². The molecule has 4 saturated carbocycles. The van der Waals surface area contributed by atoms with E-state index in [-0.39, 0.29) is 16.9 Å². The number of nitrogens with zero attached hydrogens (tertiary/aromatic N) is 1. The van der Waals surface area contributed by atoms with E-state index in [0.29, 0.717) is 3.57 Å². The zero-order valence-corrected chi connectivity index (χ0v) is 12.8. The van der Waals surface area contributed by atoms with Crippen molar-refractivity contribution in [1.29, 1.82) is 0 Å². The van der Waals surface area contributed by atoms with Crippen LogP contribution in [0.3, 0.4) is 0 Å². The number of aromatic hydroxyl groups is 1. The predicted molar refractivity (Wildman–Crippen MR) is 79.1 cm³/mol. The first-order chi connectivity index (χ1) is 9.06. The molecule has 0 aliphatic heterocycles. The van der Waals surface area contributed by atoms with Crippen LogP contribution >= 0.6 is 22.6 Å². The van der Waals surface area contributed by atoms with Crippen LogP contribution in [0.2, 0.25) is 0 Å². The zero-order valence-electron chi connectivity index (χ0n) is 10.7. The van der Waals surface area contributed by atoms with Crippen molar-refractivity contribution in [3.05, 3.63) is 19.7 Å². The van der Waals surface area contributed by atoms with E-state index in [1.807, 2.05) is 22.6 Å². The highest BCUT2D eigenvalue weighted by atomic mass is 127. The van der Waals surface area contributed by atoms with Gasteiger partial charge in [-0.2, -0.15) is 4.98 Å². The van der Waals surface area contributed by atoms with Crippen molar-refractivity contribution in [2.24, 2.45) is 17.8 Å². The Kier molecular flexibility index (Phi) is 2.54. The Bertz CT molecular complexity index is 560. The number of rotatable bonds is 1. The van der Waals surface area contributed by atoms with Crippen LogP contribution in [0.1, 0.15) is 44.3 Å². The Morgan fingerprint density at radius 1 is 1.16 bits per heavy atom. The van der Waals surface area contributed by atoms with Gasteiger partial charge in [-0.05, 0) is 78.9 Å². The molecule has 0 aromatic carbocycles. The summed E-state index contributed by atoms with van der Waals surface area (Å²) in [7, 11) is 0. The van der Waals surface area contributed by atoms with Crippen molar-refractivity contribution in [3.8, 4) is 5.88 Å². The molecule has 102 valence electrons. The molecule has 4 nitrogen and oxygen atoms in total. The number of nitrogens with one attached hydrogen (secondary N) is 1. The second-order valence-corrected chi connectivity index (χ2v) is 7.83. The molecule has 1 aromatic rings. The van der Waals surface area contributed by atoms with Gasteiger partial charge in [0.15, 0.2) is 0 Å². The Balaban J connectivity index is 1.82. The number of H-pyrrole nitrogens is 1. The SMILES string of the molecule is O=c1[nH]c(C23CC4CC(CC(C4)C2)C3)nc(O)c1I. The van der Waals surface area contributed by atoms with Crippen molar-refractivity contribution in [1.82, 2.24) is 9.97 Å². The highest BCUT2D eigenvalue weighted by molar-refractivity contribution is 14.1. The number of aromatic nitrogens is 2. The summed E-state index contributed by atoms with van der Waals surface area (Å²) in [6.45, 7) is 0. The molecule has 0 unspecified atom stereocenters. The summed E-state index contributed by atoms with van der Waals surface area (Å²) in [6, 6.07) is 0. The van der Waals surface area contributed by atoms with Crippen LogP contribution in [0.25, 0.3) is 0 Å². The van der Waals surface area contributed by atoms with E-state index in [1.165, 1.54) is 19.3 Å². The summed E-state index contributed by atoms with van der Waals surface area (Å²) in [5.41, 5.74) is -0.158. The Hall–Kier alpha value is -0.590. The van der Waals surface area contributed by atoms with Crippen LogP contribution in [0.5, 0.6) is 5.88 Å². The van der Waals surface area contributed by atoms with Crippen molar-refractivity contribution in [2.45, 2.75) is 43.9 Å². The maximum atomic E-state index is 11.9.